The van der Waals surface area contributed by atoms with Gasteiger partial charge in [0.15, 0.2) is 40.2 Å². The smallest absolute Gasteiger partial charge is 0.233 e. The Kier molecular flexibility index (Phi) is 8.25. The van der Waals surface area contributed by atoms with Crippen LogP contribution in [0.1, 0.15) is 12.7 Å². The van der Waals surface area contributed by atoms with Crippen molar-refractivity contribution in [3.8, 4) is 17.2 Å². The minimum Gasteiger partial charge on any atom is -0.486 e. The van der Waals surface area contributed by atoms with Crippen molar-refractivity contribution in [3.05, 3.63) is 72.8 Å². The molecule has 1 aliphatic rings. The van der Waals surface area contributed by atoms with Crippen molar-refractivity contribution in [1.29, 1.82) is 0 Å². The molecule has 0 aliphatic carbocycles. The maximum atomic E-state index is 13.9. The molecule has 35 heavy (non-hydrogen) atoms. The molecule has 0 bridgehead atoms. The van der Waals surface area contributed by atoms with Gasteiger partial charge in [0, 0.05) is 13.1 Å². The van der Waals surface area contributed by atoms with Crippen molar-refractivity contribution < 1.29 is 23.4 Å². The molecule has 184 valence electrons. The van der Waals surface area contributed by atoms with Crippen molar-refractivity contribution in [2.45, 2.75) is 31.3 Å². The third-order valence-electron chi connectivity index (χ3n) is 5.35. The lowest BCUT2D eigenvalue weighted by Gasteiger charge is -2.30. The number of aromatic nitrogens is 3. The topological polar surface area (TPSA) is 78.7 Å². The average Bonchev–Trinajstić information content (AvgIpc) is 3.26. The number of benzene rings is 2. The highest BCUT2D eigenvalue weighted by molar-refractivity contribution is 7.99. The number of hydrogen-bond acceptors (Lipinski definition) is 7. The molecule has 1 aromatic heterocycles. The average molecular weight is 499 g/mol. The zero-order valence-electron chi connectivity index (χ0n) is 19.4. The maximum Gasteiger partial charge on any atom is 0.233 e. The van der Waals surface area contributed by atoms with E-state index in [-0.39, 0.29) is 30.1 Å². The first-order valence-corrected chi connectivity index (χ1v) is 12.3. The molecule has 1 atom stereocenters. The third-order valence-corrected chi connectivity index (χ3v) is 6.30. The van der Waals surface area contributed by atoms with Gasteiger partial charge < -0.3 is 19.1 Å². The Bertz CT molecular complexity index is 1170. The molecule has 0 fully saturated rings. The predicted octanol–water partition coefficient (Wildman–Crippen LogP) is 3.96. The second-order valence-corrected chi connectivity index (χ2v) is 8.68. The first-order chi connectivity index (χ1) is 17.1. The largest absolute Gasteiger partial charge is 0.486 e. The number of para-hydroxylation sites is 3. The van der Waals surface area contributed by atoms with E-state index in [1.54, 1.807) is 33.7 Å². The number of rotatable bonds is 11. The highest BCUT2D eigenvalue weighted by atomic mass is 32.2. The highest BCUT2D eigenvalue weighted by Gasteiger charge is 2.25. The number of carbonyl (C=O) groups excluding carboxylic acids is 1. The number of fused-ring (bicyclic) bond motifs is 1. The fraction of sp³-hybridized carbons (Fsp3) is 0.320. The minimum atomic E-state index is -0.446. The quantitative estimate of drug-likeness (QED) is 0.292. The van der Waals surface area contributed by atoms with Crippen LogP contribution in [0.4, 0.5) is 4.39 Å². The molecule has 10 heteroatoms. The van der Waals surface area contributed by atoms with Crippen LogP contribution in [-0.2, 0) is 17.9 Å². The molecular formula is C25H27FN4O4S. The number of carbonyl (C=O) groups is 1. The summed E-state index contributed by atoms with van der Waals surface area (Å²) in [5.74, 6) is 1.74. The SMILES string of the molecule is C=CCn1c(COc2ccccc2F)nnc1SCC(=O)N(CC)CC1COc2ccccc2O1. The van der Waals surface area contributed by atoms with Gasteiger partial charge in [-0.15, -0.1) is 16.8 Å². The monoisotopic (exact) mass is 498 g/mol. The number of amides is 1. The highest BCUT2D eigenvalue weighted by Crippen LogP contribution is 2.31. The van der Waals surface area contributed by atoms with Crippen LogP contribution >= 0.6 is 11.8 Å². The number of ether oxygens (including phenoxy) is 3. The standard InChI is InChI=1S/C25H27FN4O4S/c1-3-13-30-23(16-33-20-10-6-5-9-19(20)26)27-28-25(30)35-17-24(31)29(4-2)14-18-15-32-21-11-7-8-12-22(21)34-18/h3,5-12,18H,1,4,13-17H2,2H3. The van der Waals surface area contributed by atoms with Crippen molar-refractivity contribution in [2.75, 3.05) is 25.4 Å². The summed E-state index contributed by atoms with van der Waals surface area (Å²) in [6.07, 6.45) is 1.46. The van der Waals surface area contributed by atoms with Crippen molar-refractivity contribution in [3.63, 3.8) is 0 Å². The predicted molar refractivity (Wildman–Crippen MR) is 130 cm³/mol. The molecule has 0 saturated carbocycles. The molecule has 2 aromatic carbocycles. The van der Waals surface area contributed by atoms with Crippen LogP contribution in [0.25, 0.3) is 0 Å². The maximum absolute atomic E-state index is 13.9. The third kappa shape index (κ3) is 6.13. The lowest BCUT2D eigenvalue weighted by Crippen LogP contribution is -2.44. The summed E-state index contributed by atoms with van der Waals surface area (Å²) in [7, 11) is 0. The van der Waals surface area contributed by atoms with E-state index in [1.165, 1.54) is 17.8 Å². The Balaban J connectivity index is 1.35. The normalized spacial score (nSPS) is 14.4. The van der Waals surface area contributed by atoms with E-state index in [4.69, 9.17) is 14.2 Å². The molecule has 1 unspecified atom stereocenters. The first-order valence-electron chi connectivity index (χ1n) is 11.3. The molecule has 1 amide bonds. The van der Waals surface area contributed by atoms with Crippen LogP contribution < -0.4 is 14.2 Å². The van der Waals surface area contributed by atoms with E-state index in [0.29, 0.717) is 48.7 Å². The molecule has 0 saturated heterocycles. The number of hydrogen-bond donors (Lipinski definition) is 0. The van der Waals surface area contributed by atoms with Crippen LogP contribution in [0.2, 0.25) is 0 Å². The molecule has 8 nitrogen and oxygen atoms in total. The summed E-state index contributed by atoms with van der Waals surface area (Å²) >= 11 is 1.28. The van der Waals surface area contributed by atoms with E-state index in [2.05, 4.69) is 16.8 Å². The van der Waals surface area contributed by atoms with Crippen molar-refractivity contribution in [2.24, 2.45) is 0 Å². The second-order valence-electron chi connectivity index (χ2n) is 7.74. The molecule has 1 aliphatic heterocycles. The van der Waals surface area contributed by atoms with Gasteiger partial charge in [0.1, 0.15) is 13.2 Å². The summed E-state index contributed by atoms with van der Waals surface area (Å²) in [4.78, 5) is 14.7. The number of likely N-dealkylation sites (N-methyl/N-ethyl adjacent to an activating group) is 1. The summed E-state index contributed by atoms with van der Waals surface area (Å²) in [5.41, 5.74) is 0. The number of halogens is 1. The van der Waals surface area contributed by atoms with Gasteiger partial charge in [-0.05, 0) is 31.2 Å². The Hall–Kier alpha value is -3.53. The minimum absolute atomic E-state index is 0.0395. The zero-order chi connectivity index (χ0) is 24.6. The Morgan fingerprint density at radius 1 is 1.26 bits per heavy atom. The second kappa shape index (κ2) is 11.7. The van der Waals surface area contributed by atoms with Crippen molar-refractivity contribution in [1.82, 2.24) is 19.7 Å². The fourth-order valence-corrected chi connectivity index (χ4v) is 4.44. The van der Waals surface area contributed by atoms with Gasteiger partial charge in [0.25, 0.3) is 0 Å². The molecule has 0 spiro atoms. The Morgan fingerprint density at radius 2 is 2.03 bits per heavy atom. The van der Waals surface area contributed by atoms with Gasteiger partial charge in [0.2, 0.25) is 5.91 Å². The molecule has 3 aromatic rings. The van der Waals surface area contributed by atoms with E-state index in [1.807, 2.05) is 31.2 Å². The van der Waals surface area contributed by atoms with Gasteiger partial charge in [-0.3, -0.25) is 9.36 Å². The number of thioether (sulfide) groups is 1. The lowest BCUT2D eigenvalue weighted by atomic mass is 10.2. The van der Waals surface area contributed by atoms with Gasteiger partial charge in [-0.25, -0.2) is 4.39 Å². The van der Waals surface area contributed by atoms with Gasteiger partial charge >= 0.3 is 0 Å². The lowest BCUT2D eigenvalue weighted by molar-refractivity contribution is -0.129. The van der Waals surface area contributed by atoms with E-state index >= 15 is 0 Å². The molecular weight excluding hydrogens is 471 g/mol. The summed E-state index contributed by atoms with van der Waals surface area (Å²) in [5, 5.41) is 8.94. The number of nitrogens with zero attached hydrogens (tertiary/aromatic N) is 4. The summed E-state index contributed by atoms with van der Waals surface area (Å²) < 4.78 is 33.0. The molecule has 0 radical (unpaired) electrons. The first kappa shape index (κ1) is 24.6. The molecule has 2 heterocycles. The van der Waals surface area contributed by atoms with E-state index in [9.17, 15) is 9.18 Å². The molecule has 4 rings (SSSR count). The van der Waals surface area contributed by atoms with Gasteiger partial charge in [-0.2, -0.15) is 0 Å². The van der Waals surface area contributed by atoms with E-state index in [0.717, 1.165) is 0 Å². The Labute approximate surface area is 207 Å². The fourth-order valence-electron chi connectivity index (χ4n) is 3.57. The van der Waals surface area contributed by atoms with Crippen LogP contribution in [0, 0.1) is 5.82 Å². The zero-order valence-corrected chi connectivity index (χ0v) is 20.2. The van der Waals surface area contributed by atoms with Crippen molar-refractivity contribution >= 4 is 17.7 Å². The van der Waals surface area contributed by atoms with Crippen LogP contribution in [0.15, 0.2) is 66.3 Å². The van der Waals surface area contributed by atoms with Gasteiger partial charge in [-0.1, -0.05) is 42.1 Å². The summed E-state index contributed by atoms with van der Waals surface area (Å²) in [6, 6.07) is 13.7. The summed E-state index contributed by atoms with van der Waals surface area (Å²) in [6.45, 7) is 7.53. The number of allylic oxidation sites excluding steroid dienone is 1. The van der Waals surface area contributed by atoms with Crippen LogP contribution in [0.5, 0.6) is 17.2 Å². The van der Waals surface area contributed by atoms with Gasteiger partial charge in [0.05, 0.1) is 12.3 Å². The Morgan fingerprint density at radius 3 is 2.80 bits per heavy atom. The van der Waals surface area contributed by atoms with Crippen LogP contribution in [-0.4, -0.2) is 57.1 Å². The van der Waals surface area contributed by atoms with E-state index < -0.39 is 5.82 Å². The van der Waals surface area contributed by atoms with Crippen LogP contribution in [0.3, 0.4) is 0 Å². The molecule has 0 N–H and O–H groups in total.